The molecule has 2 N–H and O–H groups in total. The second-order valence-corrected chi connectivity index (χ2v) is 8.57. The number of hydrogen-bond donors (Lipinski definition) is 2. The van der Waals surface area contributed by atoms with E-state index in [1.165, 1.54) is 10.4 Å². The first-order chi connectivity index (χ1) is 13.0. The monoisotopic (exact) mass is 513 g/mol. The molecule has 1 aliphatic rings. The molecule has 0 aliphatic carbocycles. The number of nitrogens with zero attached hydrogens (tertiary/aromatic N) is 3. The molecule has 0 bridgehead atoms. The average Bonchev–Trinajstić information content (AvgIpc) is 3.15. The predicted molar refractivity (Wildman–Crippen MR) is 130 cm³/mol. The lowest BCUT2D eigenvalue weighted by Gasteiger charge is -2.21. The molecule has 0 saturated carbocycles. The van der Waals surface area contributed by atoms with Crippen molar-refractivity contribution in [2.75, 3.05) is 13.1 Å². The quantitative estimate of drug-likeness (QED) is 0.347. The van der Waals surface area contributed by atoms with E-state index in [4.69, 9.17) is 4.99 Å². The summed E-state index contributed by atoms with van der Waals surface area (Å²) in [6.07, 6.45) is 1.13. The van der Waals surface area contributed by atoms with Gasteiger partial charge in [-0.25, -0.2) is 9.98 Å². The Kier molecular flexibility index (Phi) is 9.17. The van der Waals surface area contributed by atoms with Crippen LogP contribution < -0.4 is 10.6 Å². The average molecular weight is 513 g/mol. The summed E-state index contributed by atoms with van der Waals surface area (Å²) in [6.45, 7) is 12.1. The summed E-state index contributed by atoms with van der Waals surface area (Å²) in [5.41, 5.74) is 2.49. The van der Waals surface area contributed by atoms with Gasteiger partial charge in [-0.05, 0) is 39.7 Å². The largest absolute Gasteiger partial charge is 0.357 e. The van der Waals surface area contributed by atoms with E-state index >= 15 is 0 Å². The molecule has 2 aromatic rings. The number of thiazole rings is 1. The van der Waals surface area contributed by atoms with Crippen molar-refractivity contribution in [1.29, 1.82) is 0 Å². The maximum Gasteiger partial charge on any atom is 0.191 e. The van der Waals surface area contributed by atoms with Crippen molar-refractivity contribution >= 4 is 41.3 Å². The maximum atomic E-state index is 4.76. The number of guanidine groups is 1. The molecule has 1 aromatic carbocycles. The number of halogens is 1. The first-order valence-corrected chi connectivity index (χ1v) is 10.6. The Morgan fingerprint density at radius 2 is 2.04 bits per heavy atom. The molecule has 3 rings (SSSR count). The highest BCUT2D eigenvalue weighted by Crippen LogP contribution is 2.20. The number of likely N-dealkylation sites (tertiary alicyclic amines) is 1. The lowest BCUT2D eigenvalue weighted by atomic mass is 10.2. The van der Waals surface area contributed by atoms with Gasteiger partial charge in [0, 0.05) is 36.6 Å². The third kappa shape index (κ3) is 6.42. The SMILES string of the molecule is CCNC(=NCc1nc(C)c(C)s1)NC1CC(C)N(Cc2ccccc2)C1.I. The Morgan fingerprint density at radius 1 is 1.29 bits per heavy atom. The van der Waals surface area contributed by atoms with Crippen LogP contribution in [0.4, 0.5) is 0 Å². The Bertz CT molecular complexity index is 742. The van der Waals surface area contributed by atoms with Crippen LogP contribution in [-0.4, -0.2) is 41.0 Å². The summed E-state index contributed by atoms with van der Waals surface area (Å²) in [5, 5.41) is 8.08. The normalized spacial score (nSPS) is 20.1. The number of aromatic nitrogens is 1. The molecule has 0 radical (unpaired) electrons. The van der Waals surface area contributed by atoms with Crippen LogP contribution in [-0.2, 0) is 13.1 Å². The summed E-state index contributed by atoms with van der Waals surface area (Å²) >= 11 is 1.74. The Labute approximate surface area is 190 Å². The van der Waals surface area contributed by atoms with Crippen molar-refractivity contribution in [2.45, 2.75) is 59.3 Å². The van der Waals surface area contributed by atoms with E-state index in [1.54, 1.807) is 11.3 Å². The van der Waals surface area contributed by atoms with Gasteiger partial charge in [-0.15, -0.1) is 35.3 Å². The van der Waals surface area contributed by atoms with Gasteiger partial charge in [0.05, 0.1) is 12.2 Å². The van der Waals surface area contributed by atoms with E-state index in [2.05, 4.69) is 78.5 Å². The molecule has 2 atom stereocenters. The zero-order valence-electron chi connectivity index (χ0n) is 17.2. The zero-order chi connectivity index (χ0) is 19.2. The molecular formula is C21H32IN5S. The van der Waals surface area contributed by atoms with Crippen LogP contribution in [0.25, 0.3) is 0 Å². The van der Waals surface area contributed by atoms with Gasteiger partial charge < -0.3 is 10.6 Å². The van der Waals surface area contributed by atoms with E-state index in [9.17, 15) is 0 Å². The smallest absolute Gasteiger partial charge is 0.191 e. The Morgan fingerprint density at radius 3 is 2.68 bits per heavy atom. The number of aliphatic imine (C=N–C) groups is 1. The molecule has 7 heteroatoms. The van der Waals surface area contributed by atoms with Crippen molar-refractivity contribution < 1.29 is 0 Å². The molecule has 154 valence electrons. The molecule has 1 fully saturated rings. The van der Waals surface area contributed by atoms with Gasteiger partial charge in [0.25, 0.3) is 0 Å². The fraction of sp³-hybridized carbons (Fsp3) is 0.524. The fourth-order valence-corrected chi connectivity index (χ4v) is 4.37. The summed E-state index contributed by atoms with van der Waals surface area (Å²) in [5.74, 6) is 0.891. The molecule has 1 saturated heterocycles. The molecule has 0 spiro atoms. The summed E-state index contributed by atoms with van der Waals surface area (Å²) in [4.78, 5) is 13.2. The lowest BCUT2D eigenvalue weighted by Crippen LogP contribution is -2.44. The number of hydrogen-bond acceptors (Lipinski definition) is 4. The second-order valence-electron chi connectivity index (χ2n) is 7.29. The topological polar surface area (TPSA) is 52.6 Å². The number of benzene rings is 1. The predicted octanol–water partition coefficient (Wildman–Crippen LogP) is 4.10. The van der Waals surface area contributed by atoms with E-state index in [0.29, 0.717) is 18.6 Å². The van der Waals surface area contributed by atoms with E-state index in [0.717, 1.165) is 42.7 Å². The van der Waals surface area contributed by atoms with Gasteiger partial charge >= 0.3 is 0 Å². The van der Waals surface area contributed by atoms with E-state index in [1.807, 2.05) is 0 Å². The zero-order valence-corrected chi connectivity index (χ0v) is 20.4. The van der Waals surface area contributed by atoms with Crippen LogP contribution in [0.5, 0.6) is 0 Å². The minimum Gasteiger partial charge on any atom is -0.357 e. The van der Waals surface area contributed by atoms with Gasteiger partial charge in [0.2, 0.25) is 0 Å². The third-order valence-electron chi connectivity index (χ3n) is 5.06. The highest BCUT2D eigenvalue weighted by molar-refractivity contribution is 14.0. The summed E-state index contributed by atoms with van der Waals surface area (Å²) < 4.78 is 0. The van der Waals surface area contributed by atoms with Crippen molar-refractivity contribution in [3.05, 3.63) is 51.5 Å². The van der Waals surface area contributed by atoms with Crippen LogP contribution in [0.1, 0.15) is 41.4 Å². The van der Waals surface area contributed by atoms with Gasteiger partial charge in [-0.3, -0.25) is 4.90 Å². The third-order valence-corrected chi connectivity index (χ3v) is 6.12. The van der Waals surface area contributed by atoms with Crippen molar-refractivity contribution in [3.8, 4) is 0 Å². The van der Waals surface area contributed by atoms with Crippen molar-refractivity contribution in [3.63, 3.8) is 0 Å². The summed E-state index contributed by atoms with van der Waals surface area (Å²) in [7, 11) is 0. The van der Waals surface area contributed by atoms with Crippen molar-refractivity contribution in [2.24, 2.45) is 4.99 Å². The van der Waals surface area contributed by atoms with Gasteiger partial charge in [0.15, 0.2) is 5.96 Å². The first kappa shape index (κ1) is 23.1. The Balaban J connectivity index is 0.00000280. The minimum absolute atomic E-state index is 0. The number of aryl methyl sites for hydroxylation is 2. The standard InChI is InChI=1S/C21H31N5S.HI/c1-5-22-21(23-12-20-24-16(3)17(4)27-20)25-19-11-15(2)26(14-19)13-18-9-7-6-8-10-18;/h6-10,15,19H,5,11-14H2,1-4H3,(H2,22,23,25);1H. The molecule has 2 unspecified atom stereocenters. The van der Waals surface area contributed by atoms with Gasteiger partial charge in [0.1, 0.15) is 5.01 Å². The molecule has 1 aromatic heterocycles. The van der Waals surface area contributed by atoms with Crippen LogP contribution in [0.3, 0.4) is 0 Å². The van der Waals surface area contributed by atoms with Crippen LogP contribution in [0, 0.1) is 13.8 Å². The molecular weight excluding hydrogens is 481 g/mol. The molecule has 2 heterocycles. The van der Waals surface area contributed by atoms with Crippen molar-refractivity contribution in [1.82, 2.24) is 20.5 Å². The van der Waals surface area contributed by atoms with Crippen LogP contribution in [0.2, 0.25) is 0 Å². The molecule has 1 aliphatic heterocycles. The first-order valence-electron chi connectivity index (χ1n) is 9.81. The minimum atomic E-state index is 0. The molecule has 5 nitrogen and oxygen atoms in total. The second kappa shape index (κ2) is 11.1. The van der Waals surface area contributed by atoms with Crippen LogP contribution >= 0.6 is 35.3 Å². The summed E-state index contributed by atoms with van der Waals surface area (Å²) in [6, 6.07) is 11.7. The Hall–Kier alpha value is -1.19. The van der Waals surface area contributed by atoms with Gasteiger partial charge in [-0.2, -0.15) is 0 Å². The maximum absolute atomic E-state index is 4.76. The number of rotatable bonds is 6. The van der Waals surface area contributed by atoms with E-state index < -0.39 is 0 Å². The highest BCUT2D eigenvalue weighted by Gasteiger charge is 2.29. The van der Waals surface area contributed by atoms with Gasteiger partial charge in [-0.1, -0.05) is 30.3 Å². The lowest BCUT2D eigenvalue weighted by molar-refractivity contribution is 0.258. The van der Waals surface area contributed by atoms with Crippen LogP contribution in [0.15, 0.2) is 35.3 Å². The molecule has 0 amide bonds. The number of nitrogens with one attached hydrogen (secondary N) is 2. The highest BCUT2D eigenvalue weighted by atomic mass is 127. The van der Waals surface area contributed by atoms with E-state index in [-0.39, 0.29) is 24.0 Å². The fourth-order valence-electron chi connectivity index (χ4n) is 3.51. The molecule has 28 heavy (non-hydrogen) atoms.